The standard InChI is InChI=1S/C17H17N3O5S/c1-11-12(6-5-7-13(11)20(22)23)18-17(26)19-16(21)10-25-15-9-4-3-8-14(15)24-2/h3-9H,10H2,1-2H3,(H2,18,19,21,26). The summed E-state index contributed by atoms with van der Waals surface area (Å²) >= 11 is 5.07. The molecule has 0 fully saturated rings. The Morgan fingerprint density at radius 1 is 1.19 bits per heavy atom. The smallest absolute Gasteiger partial charge is 0.274 e. The second kappa shape index (κ2) is 8.77. The van der Waals surface area contributed by atoms with Gasteiger partial charge in [0.2, 0.25) is 0 Å². The van der Waals surface area contributed by atoms with Gasteiger partial charge in [-0.3, -0.25) is 20.2 Å². The third-order valence-corrected chi connectivity index (χ3v) is 3.64. The van der Waals surface area contributed by atoms with Crippen molar-refractivity contribution in [3.8, 4) is 11.5 Å². The first-order valence-electron chi connectivity index (χ1n) is 7.53. The van der Waals surface area contributed by atoms with Crippen LogP contribution in [0.1, 0.15) is 5.56 Å². The lowest BCUT2D eigenvalue weighted by Gasteiger charge is -2.13. The summed E-state index contributed by atoms with van der Waals surface area (Å²) in [5.41, 5.74) is 0.818. The number of nitrogens with one attached hydrogen (secondary N) is 2. The lowest BCUT2D eigenvalue weighted by molar-refractivity contribution is -0.385. The molecule has 0 saturated heterocycles. The highest BCUT2D eigenvalue weighted by Gasteiger charge is 2.15. The Balaban J connectivity index is 1.93. The van der Waals surface area contributed by atoms with Crippen LogP contribution in [0.2, 0.25) is 0 Å². The summed E-state index contributed by atoms with van der Waals surface area (Å²) in [6.45, 7) is 1.33. The number of thiocarbonyl (C=S) groups is 1. The van der Waals surface area contributed by atoms with Gasteiger partial charge in [0.05, 0.1) is 23.3 Å². The van der Waals surface area contributed by atoms with Crippen molar-refractivity contribution in [2.24, 2.45) is 0 Å². The van der Waals surface area contributed by atoms with E-state index in [2.05, 4.69) is 10.6 Å². The van der Waals surface area contributed by atoms with Crippen molar-refractivity contribution in [3.63, 3.8) is 0 Å². The van der Waals surface area contributed by atoms with Gasteiger partial charge in [0.25, 0.3) is 11.6 Å². The van der Waals surface area contributed by atoms with Crippen LogP contribution in [0.25, 0.3) is 0 Å². The van der Waals surface area contributed by atoms with Gasteiger partial charge in [0, 0.05) is 6.07 Å². The normalized spacial score (nSPS) is 9.92. The molecule has 0 aromatic heterocycles. The van der Waals surface area contributed by atoms with E-state index in [4.69, 9.17) is 21.7 Å². The minimum Gasteiger partial charge on any atom is -0.493 e. The third-order valence-electron chi connectivity index (χ3n) is 3.43. The van der Waals surface area contributed by atoms with E-state index in [1.54, 1.807) is 37.3 Å². The van der Waals surface area contributed by atoms with Gasteiger partial charge in [-0.2, -0.15) is 0 Å². The quantitative estimate of drug-likeness (QED) is 0.455. The molecule has 1 amide bonds. The molecule has 26 heavy (non-hydrogen) atoms. The molecule has 136 valence electrons. The molecular weight excluding hydrogens is 358 g/mol. The molecule has 0 unspecified atom stereocenters. The topological polar surface area (TPSA) is 103 Å². The lowest BCUT2D eigenvalue weighted by atomic mass is 10.1. The largest absolute Gasteiger partial charge is 0.493 e. The van der Waals surface area contributed by atoms with Crippen LogP contribution in [-0.2, 0) is 4.79 Å². The number of methoxy groups -OCH3 is 1. The third kappa shape index (κ3) is 4.90. The van der Waals surface area contributed by atoms with Crippen molar-refractivity contribution in [2.45, 2.75) is 6.92 Å². The molecule has 0 spiro atoms. The second-order valence-electron chi connectivity index (χ2n) is 5.15. The van der Waals surface area contributed by atoms with Crippen LogP contribution < -0.4 is 20.1 Å². The zero-order valence-corrected chi connectivity index (χ0v) is 15.0. The van der Waals surface area contributed by atoms with Crippen LogP contribution in [0.15, 0.2) is 42.5 Å². The van der Waals surface area contributed by atoms with Gasteiger partial charge in [0.15, 0.2) is 23.2 Å². The summed E-state index contributed by atoms with van der Waals surface area (Å²) in [5, 5.41) is 16.2. The molecule has 0 saturated carbocycles. The molecule has 8 nitrogen and oxygen atoms in total. The summed E-state index contributed by atoms with van der Waals surface area (Å²) in [4.78, 5) is 22.4. The summed E-state index contributed by atoms with van der Waals surface area (Å²) in [6, 6.07) is 11.5. The molecule has 2 N–H and O–H groups in total. The molecule has 0 heterocycles. The molecule has 2 aromatic rings. The fraction of sp³-hybridized carbons (Fsp3) is 0.176. The van der Waals surface area contributed by atoms with Crippen molar-refractivity contribution >= 4 is 34.6 Å². The molecule has 0 aliphatic carbocycles. The van der Waals surface area contributed by atoms with E-state index in [9.17, 15) is 14.9 Å². The van der Waals surface area contributed by atoms with Crippen LogP contribution >= 0.6 is 12.2 Å². The predicted octanol–water partition coefficient (Wildman–Crippen LogP) is 2.80. The zero-order valence-electron chi connectivity index (χ0n) is 14.1. The maximum Gasteiger partial charge on any atom is 0.274 e. The fourth-order valence-electron chi connectivity index (χ4n) is 2.15. The number of rotatable bonds is 6. The number of carbonyl (C=O) groups excluding carboxylic acids is 1. The van der Waals surface area contributed by atoms with Gasteiger partial charge in [-0.25, -0.2) is 0 Å². The number of anilines is 1. The van der Waals surface area contributed by atoms with E-state index in [0.29, 0.717) is 22.7 Å². The van der Waals surface area contributed by atoms with Gasteiger partial charge >= 0.3 is 0 Å². The first kappa shape index (κ1) is 19.1. The van der Waals surface area contributed by atoms with Crippen molar-refractivity contribution in [1.82, 2.24) is 5.32 Å². The highest BCUT2D eigenvalue weighted by Crippen LogP contribution is 2.26. The first-order valence-corrected chi connectivity index (χ1v) is 7.94. The van der Waals surface area contributed by atoms with Gasteiger partial charge in [-0.05, 0) is 37.3 Å². The van der Waals surface area contributed by atoms with E-state index < -0.39 is 10.8 Å². The van der Waals surface area contributed by atoms with Gasteiger partial charge in [-0.15, -0.1) is 0 Å². The average Bonchev–Trinajstić information content (AvgIpc) is 2.61. The van der Waals surface area contributed by atoms with E-state index >= 15 is 0 Å². The summed E-state index contributed by atoms with van der Waals surface area (Å²) in [6.07, 6.45) is 0. The van der Waals surface area contributed by atoms with Gasteiger partial charge < -0.3 is 14.8 Å². The SMILES string of the molecule is COc1ccccc1OCC(=O)NC(=S)Nc1cccc([N+](=O)[O-])c1C. The highest BCUT2D eigenvalue weighted by atomic mass is 32.1. The number of hydrogen-bond acceptors (Lipinski definition) is 6. The molecule has 9 heteroatoms. The van der Waals surface area contributed by atoms with Crippen LogP contribution in [0, 0.1) is 17.0 Å². The fourth-order valence-corrected chi connectivity index (χ4v) is 2.38. The molecule has 0 radical (unpaired) electrons. The molecule has 0 atom stereocenters. The van der Waals surface area contributed by atoms with Crippen LogP contribution in [0.5, 0.6) is 11.5 Å². The molecule has 2 aromatic carbocycles. The maximum atomic E-state index is 12.0. The molecular formula is C17H17N3O5S. The Hall–Kier alpha value is -3.20. The van der Waals surface area contributed by atoms with E-state index in [-0.39, 0.29) is 17.4 Å². The number of para-hydroxylation sites is 2. The second-order valence-corrected chi connectivity index (χ2v) is 5.56. The molecule has 0 aliphatic rings. The van der Waals surface area contributed by atoms with Crippen molar-refractivity contribution < 1.29 is 19.2 Å². The minimum atomic E-state index is -0.483. The number of ether oxygens (including phenoxy) is 2. The number of benzene rings is 2. The van der Waals surface area contributed by atoms with E-state index in [0.717, 1.165) is 0 Å². The van der Waals surface area contributed by atoms with Crippen molar-refractivity contribution in [2.75, 3.05) is 19.0 Å². The number of amides is 1. The number of nitrogens with zero attached hydrogens (tertiary/aromatic N) is 1. The molecule has 2 rings (SSSR count). The summed E-state index contributed by atoms with van der Waals surface area (Å²) < 4.78 is 10.5. The lowest BCUT2D eigenvalue weighted by Crippen LogP contribution is -2.37. The number of hydrogen-bond donors (Lipinski definition) is 2. The minimum absolute atomic E-state index is 0.0159. The van der Waals surface area contributed by atoms with Crippen LogP contribution in [0.4, 0.5) is 11.4 Å². The average molecular weight is 375 g/mol. The number of nitro benzene ring substituents is 1. The Morgan fingerprint density at radius 3 is 2.54 bits per heavy atom. The van der Waals surface area contributed by atoms with Gasteiger partial charge in [0.1, 0.15) is 0 Å². The number of nitro groups is 1. The monoisotopic (exact) mass is 375 g/mol. The maximum absolute atomic E-state index is 12.0. The van der Waals surface area contributed by atoms with Crippen molar-refractivity contribution in [1.29, 1.82) is 0 Å². The predicted molar refractivity (Wildman–Crippen MR) is 101 cm³/mol. The Bertz CT molecular complexity index is 841. The molecule has 0 aliphatic heterocycles. The Labute approximate surface area is 155 Å². The van der Waals surface area contributed by atoms with Crippen LogP contribution in [-0.4, -0.2) is 29.7 Å². The van der Waals surface area contributed by atoms with E-state index in [1.165, 1.54) is 19.2 Å². The van der Waals surface area contributed by atoms with Gasteiger partial charge in [-0.1, -0.05) is 18.2 Å². The highest BCUT2D eigenvalue weighted by molar-refractivity contribution is 7.80. The Morgan fingerprint density at radius 2 is 1.88 bits per heavy atom. The molecule has 0 bridgehead atoms. The van der Waals surface area contributed by atoms with E-state index in [1.807, 2.05) is 0 Å². The Kier molecular flexibility index (Phi) is 6.45. The number of carbonyl (C=O) groups is 1. The summed E-state index contributed by atoms with van der Waals surface area (Å²) in [5.74, 6) is 0.461. The zero-order chi connectivity index (χ0) is 19.1. The van der Waals surface area contributed by atoms with Crippen LogP contribution in [0.3, 0.4) is 0 Å². The van der Waals surface area contributed by atoms with Crippen molar-refractivity contribution in [3.05, 3.63) is 58.1 Å². The first-order chi connectivity index (χ1) is 12.4. The summed E-state index contributed by atoms with van der Waals surface area (Å²) in [7, 11) is 1.50.